The first kappa shape index (κ1) is 15.6. The van der Waals surface area contributed by atoms with Gasteiger partial charge in [0.05, 0.1) is 18.7 Å². The zero-order valence-corrected chi connectivity index (χ0v) is 14.0. The molecule has 1 aliphatic rings. The fourth-order valence-electron chi connectivity index (χ4n) is 2.84. The molecular weight excluding hydrogens is 320 g/mol. The normalized spacial score (nSPS) is 19.3. The molecule has 0 spiro atoms. The molecule has 0 amide bonds. The summed E-state index contributed by atoms with van der Waals surface area (Å²) in [5.41, 5.74) is 1.18. The number of nitrogens with zero attached hydrogens (tertiary/aromatic N) is 1. The molecule has 1 saturated heterocycles. The molecule has 1 unspecified atom stereocenters. The number of benzene rings is 1. The van der Waals surface area contributed by atoms with Gasteiger partial charge in [0.25, 0.3) is 0 Å². The van der Waals surface area contributed by atoms with E-state index in [1.807, 2.05) is 13.1 Å². The van der Waals surface area contributed by atoms with Crippen molar-refractivity contribution in [2.75, 3.05) is 34.4 Å². The Balaban J connectivity index is 2.19. The van der Waals surface area contributed by atoms with Gasteiger partial charge < -0.3 is 14.8 Å². The van der Waals surface area contributed by atoms with Crippen LogP contribution in [0.2, 0.25) is 0 Å². The van der Waals surface area contributed by atoms with Crippen molar-refractivity contribution in [3.05, 3.63) is 22.2 Å². The van der Waals surface area contributed by atoms with Gasteiger partial charge in [0.15, 0.2) is 0 Å². The molecule has 1 fully saturated rings. The van der Waals surface area contributed by atoms with Crippen molar-refractivity contribution in [3.8, 4) is 11.5 Å². The first-order valence-corrected chi connectivity index (χ1v) is 7.78. The van der Waals surface area contributed by atoms with E-state index in [9.17, 15) is 0 Å². The van der Waals surface area contributed by atoms with Crippen LogP contribution in [0, 0.1) is 0 Å². The third-order valence-corrected chi connectivity index (χ3v) is 4.49. The van der Waals surface area contributed by atoms with Gasteiger partial charge in [-0.1, -0.05) is 0 Å². The summed E-state index contributed by atoms with van der Waals surface area (Å²) in [5.74, 6) is 1.76. The molecule has 1 aromatic carbocycles. The predicted octanol–water partition coefficient (Wildman–Crippen LogP) is 2.65. The van der Waals surface area contributed by atoms with Crippen LogP contribution in [0.25, 0.3) is 0 Å². The Bertz CT molecular complexity index is 454. The van der Waals surface area contributed by atoms with Crippen LogP contribution in [0.3, 0.4) is 0 Å². The lowest BCUT2D eigenvalue weighted by Crippen LogP contribution is -2.36. The highest BCUT2D eigenvalue weighted by atomic mass is 79.9. The molecule has 0 aromatic heterocycles. The number of hydrogen-bond acceptors (Lipinski definition) is 4. The van der Waals surface area contributed by atoms with E-state index < -0.39 is 0 Å². The van der Waals surface area contributed by atoms with Crippen LogP contribution in [-0.4, -0.2) is 45.3 Å². The van der Waals surface area contributed by atoms with Crippen molar-refractivity contribution in [3.63, 3.8) is 0 Å². The van der Waals surface area contributed by atoms with Gasteiger partial charge in [0.1, 0.15) is 11.5 Å². The van der Waals surface area contributed by atoms with Crippen LogP contribution < -0.4 is 14.8 Å². The molecule has 0 bridgehead atoms. The van der Waals surface area contributed by atoms with E-state index in [2.05, 4.69) is 32.2 Å². The number of likely N-dealkylation sites (tertiary alicyclic amines) is 1. The summed E-state index contributed by atoms with van der Waals surface area (Å²) in [6.07, 6.45) is 2.53. The lowest BCUT2D eigenvalue weighted by molar-refractivity contribution is 0.238. The lowest BCUT2D eigenvalue weighted by Gasteiger charge is -2.25. The Morgan fingerprint density at radius 3 is 2.70 bits per heavy atom. The summed E-state index contributed by atoms with van der Waals surface area (Å²) in [5, 5.41) is 3.28. The second-order valence-electron chi connectivity index (χ2n) is 5.12. The van der Waals surface area contributed by atoms with Gasteiger partial charge in [0.2, 0.25) is 0 Å². The van der Waals surface area contributed by atoms with Crippen LogP contribution in [0.1, 0.15) is 18.4 Å². The largest absolute Gasteiger partial charge is 0.496 e. The molecule has 1 heterocycles. The number of nitrogens with one attached hydrogen (secondary N) is 1. The van der Waals surface area contributed by atoms with E-state index in [4.69, 9.17) is 9.47 Å². The lowest BCUT2D eigenvalue weighted by atomic mass is 10.1. The van der Waals surface area contributed by atoms with Crippen molar-refractivity contribution in [2.45, 2.75) is 25.4 Å². The number of methoxy groups -OCH3 is 2. The highest BCUT2D eigenvalue weighted by molar-refractivity contribution is 9.10. The molecule has 1 aliphatic heterocycles. The van der Waals surface area contributed by atoms with Crippen molar-refractivity contribution < 1.29 is 9.47 Å². The van der Waals surface area contributed by atoms with E-state index in [0.29, 0.717) is 6.04 Å². The third-order valence-electron chi connectivity index (χ3n) is 3.87. The number of rotatable bonds is 6. The molecule has 20 heavy (non-hydrogen) atoms. The van der Waals surface area contributed by atoms with Gasteiger partial charge in [-0.15, -0.1) is 0 Å². The van der Waals surface area contributed by atoms with E-state index in [1.54, 1.807) is 14.2 Å². The topological polar surface area (TPSA) is 33.7 Å². The molecular formula is C15H23BrN2O2. The maximum absolute atomic E-state index is 5.50. The average Bonchev–Trinajstić information content (AvgIpc) is 2.88. The number of ether oxygens (including phenoxy) is 2. The molecule has 1 N–H and O–H groups in total. The quantitative estimate of drug-likeness (QED) is 0.861. The SMILES string of the molecule is CNCC1CCCN1Cc1cc(OC)c(Br)cc1OC. The first-order valence-electron chi connectivity index (χ1n) is 6.98. The first-order chi connectivity index (χ1) is 9.69. The zero-order chi connectivity index (χ0) is 14.5. The van der Waals surface area contributed by atoms with E-state index in [0.717, 1.165) is 35.6 Å². The second kappa shape index (κ2) is 7.29. The molecule has 4 nitrogen and oxygen atoms in total. The van der Waals surface area contributed by atoms with Crippen molar-refractivity contribution >= 4 is 15.9 Å². The maximum atomic E-state index is 5.50. The Morgan fingerprint density at radius 1 is 1.30 bits per heavy atom. The molecule has 0 radical (unpaired) electrons. The molecule has 1 aromatic rings. The van der Waals surface area contributed by atoms with Crippen LogP contribution in [0.15, 0.2) is 16.6 Å². The number of hydrogen-bond donors (Lipinski definition) is 1. The van der Waals surface area contributed by atoms with Crippen LogP contribution in [0.5, 0.6) is 11.5 Å². The summed E-state index contributed by atoms with van der Waals surface area (Å²) >= 11 is 3.50. The average molecular weight is 343 g/mol. The maximum Gasteiger partial charge on any atom is 0.133 e. The molecule has 2 rings (SSSR count). The molecule has 1 atom stereocenters. The summed E-state index contributed by atoms with van der Waals surface area (Å²) < 4.78 is 11.8. The second-order valence-corrected chi connectivity index (χ2v) is 5.98. The minimum atomic E-state index is 0.611. The monoisotopic (exact) mass is 342 g/mol. The Hall–Kier alpha value is -0.780. The summed E-state index contributed by atoms with van der Waals surface area (Å²) in [6.45, 7) is 3.09. The van der Waals surface area contributed by atoms with Crippen molar-refractivity contribution in [1.29, 1.82) is 0 Å². The Kier molecular flexibility index (Phi) is 5.69. The number of halogens is 1. The molecule has 0 aliphatic carbocycles. The summed E-state index contributed by atoms with van der Waals surface area (Å²) in [6, 6.07) is 4.66. The standard InChI is InChI=1S/C15H23BrN2O2/c1-17-9-12-5-4-6-18(12)10-11-7-15(20-3)13(16)8-14(11)19-2/h7-8,12,17H,4-6,9-10H2,1-3H3. The van der Waals surface area contributed by atoms with E-state index in [1.165, 1.54) is 18.4 Å². The van der Waals surface area contributed by atoms with E-state index >= 15 is 0 Å². The zero-order valence-electron chi connectivity index (χ0n) is 12.4. The summed E-state index contributed by atoms with van der Waals surface area (Å²) in [7, 11) is 5.42. The van der Waals surface area contributed by atoms with Crippen LogP contribution in [0.4, 0.5) is 0 Å². The van der Waals surface area contributed by atoms with Crippen molar-refractivity contribution in [2.24, 2.45) is 0 Å². The Morgan fingerprint density at radius 2 is 2.05 bits per heavy atom. The highest BCUT2D eigenvalue weighted by Crippen LogP contribution is 2.34. The minimum absolute atomic E-state index is 0.611. The minimum Gasteiger partial charge on any atom is -0.496 e. The van der Waals surface area contributed by atoms with Crippen LogP contribution in [-0.2, 0) is 6.54 Å². The van der Waals surface area contributed by atoms with Gasteiger partial charge >= 0.3 is 0 Å². The predicted molar refractivity (Wildman–Crippen MR) is 84.6 cm³/mol. The van der Waals surface area contributed by atoms with Gasteiger partial charge in [-0.3, -0.25) is 4.90 Å². The van der Waals surface area contributed by atoms with Gasteiger partial charge in [-0.25, -0.2) is 0 Å². The highest BCUT2D eigenvalue weighted by Gasteiger charge is 2.25. The van der Waals surface area contributed by atoms with Gasteiger partial charge in [-0.2, -0.15) is 0 Å². The van der Waals surface area contributed by atoms with Gasteiger partial charge in [0, 0.05) is 24.7 Å². The Labute approximate surface area is 129 Å². The van der Waals surface area contributed by atoms with Crippen molar-refractivity contribution in [1.82, 2.24) is 10.2 Å². The third kappa shape index (κ3) is 3.45. The smallest absolute Gasteiger partial charge is 0.133 e. The van der Waals surface area contributed by atoms with E-state index in [-0.39, 0.29) is 0 Å². The number of likely N-dealkylation sites (N-methyl/N-ethyl adjacent to an activating group) is 1. The molecule has 112 valence electrons. The summed E-state index contributed by atoms with van der Waals surface area (Å²) in [4.78, 5) is 2.52. The van der Waals surface area contributed by atoms with Gasteiger partial charge in [-0.05, 0) is 54.5 Å². The fraction of sp³-hybridized carbons (Fsp3) is 0.600. The molecule has 0 saturated carbocycles. The fourth-order valence-corrected chi connectivity index (χ4v) is 3.32. The molecule has 5 heteroatoms. The van der Waals surface area contributed by atoms with Crippen LogP contribution >= 0.6 is 15.9 Å².